The van der Waals surface area contributed by atoms with Gasteiger partial charge in [0.15, 0.2) is 6.29 Å². The molecule has 1 N–H and O–H groups in total. The van der Waals surface area contributed by atoms with Crippen LogP contribution in [0.1, 0.15) is 91.4 Å². The lowest BCUT2D eigenvalue weighted by molar-refractivity contribution is 0.0208. The fourth-order valence-electron chi connectivity index (χ4n) is 6.04. The van der Waals surface area contributed by atoms with Gasteiger partial charge in [0.2, 0.25) is 0 Å². The first-order valence-electron chi connectivity index (χ1n) is 17.2. The Bertz CT molecular complexity index is 1890. The van der Waals surface area contributed by atoms with Gasteiger partial charge in [-0.1, -0.05) is 24.3 Å². The molecule has 52 heavy (non-hydrogen) atoms. The topological polar surface area (TPSA) is 132 Å². The number of aliphatic hydroxyl groups excluding tert-OH is 1. The van der Waals surface area contributed by atoms with Gasteiger partial charge in [-0.2, -0.15) is 10.2 Å². The minimum Gasteiger partial charge on any atom is -0.444 e. The molecule has 2 aromatic heterocycles. The first-order valence-corrected chi connectivity index (χ1v) is 17.2. The van der Waals surface area contributed by atoms with E-state index in [1.807, 2.05) is 41.5 Å². The quantitative estimate of drug-likeness (QED) is 0.239. The van der Waals surface area contributed by atoms with E-state index < -0.39 is 11.2 Å². The van der Waals surface area contributed by atoms with Crippen molar-refractivity contribution in [1.82, 2.24) is 29.4 Å². The molecule has 278 valence electrons. The fourth-order valence-corrected chi connectivity index (χ4v) is 6.04. The van der Waals surface area contributed by atoms with Crippen LogP contribution in [0.4, 0.5) is 18.4 Å². The van der Waals surface area contributed by atoms with Crippen LogP contribution in [0, 0.1) is 11.6 Å². The number of aldehydes is 1. The summed E-state index contributed by atoms with van der Waals surface area (Å²) in [6.07, 6.45) is 1.16. The zero-order valence-corrected chi connectivity index (χ0v) is 30.5. The molecule has 0 unspecified atom stereocenters. The lowest BCUT2D eigenvalue weighted by atomic mass is 10.0. The van der Waals surface area contributed by atoms with Crippen LogP contribution >= 0.6 is 0 Å². The number of hydrogen-bond donors (Lipinski definition) is 1. The number of ether oxygens (including phenoxy) is 2. The summed E-state index contributed by atoms with van der Waals surface area (Å²) in [4.78, 5) is 39.4. The van der Waals surface area contributed by atoms with Crippen LogP contribution in [0.15, 0.2) is 48.5 Å². The maximum Gasteiger partial charge on any atom is 0.410 e. The molecule has 2 aromatic carbocycles. The van der Waals surface area contributed by atoms with Gasteiger partial charge in [0.25, 0.3) is 0 Å². The molecule has 14 heteroatoms. The molecule has 0 atom stereocenters. The number of rotatable bonds is 6. The second-order valence-electron chi connectivity index (χ2n) is 14.8. The Kier molecular flexibility index (Phi) is 11.5. The molecular formula is C38H46F2N6O6. The van der Waals surface area contributed by atoms with Crippen molar-refractivity contribution in [3.8, 4) is 0 Å². The van der Waals surface area contributed by atoms with Crippen molar-refractivity contribution in [1.29, 1.82) is 0 Å². The highest BCUT2D eigenvalue weighted by molar-refractivity contribution is 5.76. The first-order chi connectivity index (χ1) is 24.5. The molecule has 0 spiro atoms. The van der Waals surface area contributed by atoms with Gasteiger partial charge in [-0.05, 0) is 89.8 Å². The maximum atomic E-state index is 13.1. The molecule has 4 heterocycles. The van der Waals surface area contributed by atoms with Gasteiger partial charge in [0, 0.05) is 24.2 Å². The Morgan fingerprint density at radius 1 is 0.731 bits per heavy atom. The molecular weight excluding hydrogens is 674 g/mol. The second kappa shape index (κ2) is 15.6. The van der Waals surface area contributed by atoms with Crippen molar-refractivity contribution in [2.75, 3.05) is 13.1 Å². The smallest absolute Gasteiger partial charge is 0.410 e. The lowest BCUT2D eigenvalue weighted by Crippen LogP contribution is -2.40. The SMILES string of the molecule is CC(C)(C)OC(=O)N1CCc2c(C=O)nn(Cc3ccc(F)cc3)c2C1.CC(C)(C)OC(=O)N1CCc2c(CO)nn(Cc3ccc(F)cc3)c2C1. The molecule has 0 fully saturated rings. The zero-order chi connectivity index (χ0) is 37.8. The van der Waals surface area contributed by atoms with E-state index in [2.05, 4.69) is 10.2 Å². The van der Waals surface area contributed by atoms with Crippen molar-refractivity contribution in [2.45, 2.75) is 98.4 Å². The number of fused-ring (bicyclic) bond motifs is 2. The van der Waals surface area contributed by atoms with Crippen LogP contribution in [-0.4, -0.2) is 77.2 Å². The average molecular weight is 721 g/mol. The van der Waals surface area contributed by atoms with Crippen molar-refractivity contribution in [3.05, 3.63) is 105 Å². The minimum absolute atomic E-state index is 0.148. The highest BCUT2D eigenvalue weighted by Crippen LogP contribution is 2.26. The van der Waals surface area contributed by atoms with E-state index in [9.17, 15) is 28.3 Å². The highest BCUT2D eigenvalue weighted by atomic mass is 19.1. The minimum atomic E-state index is -0.570. The molecule has 4 aromatic rings. The summed E-state index contributed by atoms with van der Waals surface area (Å²) in [5.41, 5.74) is 5.21. The number of nitrogens with zero attached hydrogens (tertiary/aromatic N) is 6. The molecule has 0 aliphatic carbocycles. The maximum absolute atomic E-state index is 13.1. The number of amides is 2. The van der Waals surface area contributed by atoms with Gasteiger partial charge in [-0.25, -0.2) is 18.4 Å². The van der Waals surface area contributed by atoms with Crippen LogP contribution in [0.5, 0.6) is 0 Å². The first kappa shape index (κ1) is 38.1. The molecule has 12 nitrogen and oxygen atoms in total. The van der Waals surface area contributed by atoms with Crippen molar-refractivity contribution in [2.24, 2.45) is 0 Å². The van der Waals surface area contributed by atoms with Crippen LogP contribution in [0.3, 0.4) is 0 Å². The average Bonchev–Trinajstić information content (AvgIpc) is 3.62. The lowest BCUT2D eigenvalue weighted by Gasteiger charge is -2.30. The van der Waals surface area contributed by atoms with E-state index in [1.54, 1.807) is 43.4 Å². The van der Waals surface area contributed by atoms with E-state index in [4.69, 9.17) is 9.47 Å². The highest BCUT2D eigenvalue weighted by Gasteiger charge is 2.31. The van der Waals surface area contributed by atoms with Gasteiger partial charge in [0.1, 0.15) is 28.5 Å². The van der Waals surface area contributed by atoms with E-state index in [-0.39, 0.29) is 30.4 Å². The molecule has 2 aliphatic heterocycles. The summed E-state index contributed by atoms with van der Waals surface area (Å²) in [5.74, 6) is -0.593. The van der Waals surface area contributed by atoms with Crippen LogP contribution in [0.25, 0.3) is 0 Å². The summed E-state index contributed by atoms with van der Waals surface area (Å²) in [6.45, 7) is 13.4. The third kappa shape index (κ3) is 9.60. The number of hydrogen-bond acceptors (Lipinski definition) is 8. The monoisotopic (exact) mass is 720 g/mol. The van der Waals surface area contributed by atoms with Crippen LogP contribution < -0.4 is 0 Å². The Balaban J connectivity index is 0.000000201. The zero-order valence-electron chi connectivity index (χ0n) is 30.5. The van der Waals surface area contributed by atoms with E-state index >= 15 is 0 Å². The Morgan fingerprint density at radius 3 is 1.58 bits per heavy atom. The number of halogens is 2. The molecule has 0 bridgehead atoms. The summed E-state index contributed by atoms with van der Waals surface area (Å²) in [7, 11) is 0. The third-order valence-corrected chi connectivity index (χ3v) is 8.45. The largest absolute Gasteiger partial charge is 0.444 e. The molecule has 2 aliphatic rings. The Hall–Kier alpha value is -5.11. The van der Waals surface area contributed by atoms with E-state index in [0.29, 0.717) is 63.5 Å². The number of aromatic nitrogens is 4. The number of carbonyl (C=O) groups excluding carboxylic acids is 3. The molecule has 0 saturated carbocycles. The summed E-state index contributed by atoms with van der Waals surface area (Å²) >= 11 is 0. The molecule has 0 saturated heterocycles. The van der Waals surface area contributed by atoms with Crippen molar-refractivity contribution in [3.63, 3.8) is 0 Å². The van der Waals surface area contributed by atoms with Crippen molar-refractivity contribution < 1.29 is 37.7 Å². The van der Waals surface area contributed by atoms with Crippen LogP contribution in [0.2, 0.25) is 0 Å². The van der Waals surface area contributed by atoms with Crippen LogP contribution in [-0.2, 0) is 55.1 Å². The summed E-state index contributed by atoms with van der Waals surface area (Å²) in [5, 5.41) is 18.5. The van der Waals surface area contributed by atoms with Crippen molar-refractivity contribution >= 4 is 18.5 Å². The normalized spacial score (nSPS) is 14.2. The van der Waals surface area contributed by atoms with Gasteiger partial charge < -0.3 is 24.4 Å². The predicted molar refractivity (Wildman–Crippen MR) is 187 cm³/mol. The second-order valence-corrected chi connectivity index (χ2v) is 14.8. The predicted octanol–water partition coefficient (Wildman–Crippen LogP) is 6.03. The van der Waals surface area contributed by atoms with Gasteiger partial charge >= 0.3 is 12.2 Å². The van der Waals surface area contributed by atoms with E-state index in [0.717, 1.165) is 39.9 Å². The van der Waals surface area contributed by atoms with Gasteiger partial charge in [0.05, 0.1) is 49.9 Å². The number of benzene rings is 2. The third-order valence-electron chi connectivity index (χ3n) is 8.45. The summed E-state index contributed by atoms with van der Waals surface area (Å²) in [6, 6.07) is 12.4. The summed E-state index contributed by atoms with van der Waals surface area (Å²) < 4.78 is 40.6. The van der Waals surface area contributed by atoms with E-state index in [1.165, 1.54) is 24.3 Å². The fraction of sp³-hybridized carbons (Fsp3) is 0.447. The number of carbonyl (C=O) groups is 3. The Labute approximate surface area is 301 Å². The van der Waals surface area contributed by atoms with Gasteiger partial charge in [-0.15, -0.1) is 0 Å². The molecule has 2 amide bonds. The molecule has 6 rings (SSSR count). The number of aliphatic hydroxyl groups is 1. The van der Waals surface area contributed by atoms with Gasteiger partial charge in [-0.3, -0.25) is 14.2 Å². The molecule has 0 radical (unpaired) electrons. The standard InChI is InChI=1S/C19H24FN3O3.C19H22FN3O3/c2*1-19(2,3)26-18(25)22-9-8-15-16(12-24)21-23(17(15)11-22)10-13-4-6-14(20)7-5-13/h4-7,24H,8-12H2,1-3H3;4-7,12H,8-11H2,1-3H3. The Morgan fingerprint density at radius 2 is 1.15 bits per heavy atom.